The number of para-hydroxylation sites is 1. The van der Waals surface area contributed by atoms with Crippen LogP contribution in [0.15, 0.2) is 83.8 Å². The van der Waals surface area contributed by atoms with Crippen molar-refractivity contribution in [3.8, 4) is 0 Å². The van der Waals surface area contributed by atoms with Crippen molar-refractivity contribution in [1.29, 1.82) is 0 Å². The van der Waals surface area contributed by atoms with E-state index in [4.69, 9.17) is 11.6 Å². The molecule has 6 nitrogen and oxygen atoms in total. The lowest BCUT2D eigenvalue weighted by atomic mass is 10.2. The van der Waals surface area contributed by atoms with Crippen LogP contribution in [-0.2, 0) is 14.8 Å². The lowest BCUT2D eigenvalue weighted by molar-refractivity contribution is -0.111. The smallest absolute Gasteiger partial charge is 0.248 e. The minimum absolute atomic E-state index is 0.270. The van der Waals surface area contributed by atoms with Gasteiger partial charge in [0.2, 0.25) is 15.9 Å². The van der Waals surface area contributed by atoms with Gasteiger partial charge in [0.15, 0.2) is 0 Å². The standard InChI is InChI=1S/C26H26ClN3O3S/c1-20-10-13-22(14-11-20)34(32,33)30-18-16-29(17-19-30)26-23(27)8-5-9-24(26)28-25(31)15-12-21-6-3-2-4-7-21/h2-15H,16-19H2,1H3,(H,28,31)/b15-12+. The van der Waals surface area contributed by atoms with Crippen LogP contribution < -0.4 is 10.2 Å². The van der Waals surface area contributed by atoms with Crippen molar-refractivity contribution in [3.05, 3.63) is 95.0 Å². The van der Waals surface area contributed by atoms with Crippen LogP contribution in [0.5, 0.6) is 0 Å². The molecule has 0 unspecified atom stereocenters. The summed E-state index contributed by atoms with van der Waals surface area (Å²) in [6.07, 6.45) is 3.22. The highest BCUT2D eigenvalue weighted by Crippen LogP contribution is 2.35. The predicted octanol–water partition coefficient (Wildman–Crippen LogP) is 4.81. The number of aryl methyl sites for hydroxylation is 1. The monoisotopic (exact) mass is 495 g/mol. The van der Waals surface area contributed by atoms with Crippen molar-refractivity contribution >= 4 is 45.0 Å². The highest BCUT2D eigenvalue weighted by atomic mass is 35.5. The van der Waals surface area contributed by atoms with Crippen LogP contribution in [0.25, 0.3) is 6.08 Å². The van der Waals surface area contributed by atoms with Gasteiger partial charge in [0, 0.05) is 32.3 Å². The Morgan fingerprint density at radius 1 is 0.912 bits per heavy atom. The second-order valence-electron chi connectivity index (χ2n) is 8.07. The maximum absolute atomic E-state index is 13.0. The first kappa shape index (κ1) is 24.0. The molecule has 1 N–H and O–H groups in total. The normalized spacial score (nSPS) is 14.9. The second-order valence-corrected chi connectivity index (χ2v) is 10.4. The highest BCUT2D eigenvalue weighted by Gasteiger charge is 2.30. The molecule has 0 saturated carbocycles. The third-order valence-electron chi connectivity index (χ3n) is 5.69. The maximum Gasteiger partial charge on any atom is 0.248 e. The van der Waals surface area contributed by atoms with E-state index in [2.05, 4.69) is 5.32 Å². The van der Waals surface area contributed by atoms with Crippen molar-refractivity contribution in [2.75, 3.05) is 36.4 Å². The van der Waals surface area contributed by atoms with Crippen molar-refractivity contribution in [3.63, 3.8) is 0 Å². The molecule has 4 rings (SSSR count). The zero-order chi connectivity index (χ0) is 24.1. The van der Waals surface area contributed by atoms with Gasteiger partial charge in [0.05, 0.1) is 21.3 Å². The largest absolute Gasteiger partial charge is 0.366 e. The molecule has 1 fully saturated rings. The van der Waals surface area contributed by atoms with Crippen LogP contribution in [0.3, 0.4) is 0 Å². The molecule has 3 aromatic carbocycles. The fourth-order valence-corrected chi connectivity index (χ4v) is 5.58. The Balaban J connectivity index is 1.46. The second kappa shape index (κ2) is 10.4. The number of piperazine rings is 1. The summed E-state index contributed by atoms with van der Waals surface area (Å²) in [5, 5.41) is 3.41. The molecule has 0 radical (unpaired) electrons. The minimum Gasteiger partial charge on any atom is -0.366 e. The number of hydrogen-bond donors (Lipinski definition) is 1. The molecule has 34 heavy (non-hydrogen) atoms. The predicted molar refractivity (Wildman–Crippen MR) is 138 cm³/mol. The highest BCUT2D eigenvalue weighted by molar-refractivity contribution is 7.89. The Kier molecular flexibility index (Phi) is 7.36. The summed E-state index contributed by atoms with van der Waals surface area (Å²) in [5.74, 6) is -0.270. The molecule has 1 aliphatic heterocycles. The molecule has 0 atom stereocenters. The van der Waals surface area contributed by atoms with E-state index in [1.54, 1.807) is 48.5 Å². The number of halogens is 1. The average Bonchev–Trinajstić information content (AvgIpc) is 2.84. The van der Waals surface area contributed by atoms with Crippen LogP contribution in [0.2, 0.25) is 5.02 Å². The van der Waals surface area contributed by atoms with Gasteiger partial charge >= 0.3 is 0 Å². The Hall–Kier alpha value is -3.13. The molecule has 8 heteroatoms. The number of rotatable bonds is 6. The summed E-state index contributed by atoms with van der Waals surface area (Å²) in [5.41, 5.74) is 3.22. The topological polar surface area (TPSA) is 69.7 Å². The molecule has 1 saturated heterocycles. The van der Waals surface area contributed by atoms with Crippen LogP contribution in [0.1, 0.15) is 11.1 Å². The molecule has 176 valence electrons. The number of carbonyl (C=O) groups is 1. The van der Waals surface area contributed by atoms with E-state index in [9.17, 15) is 13.2 Å². The third kappa shape index (κ3) is 5.50. The molecule has 1 aliphatic rings. The third-order valence-corrected chi connectivity index (χ3v) is 7.90. The molecular formula is C26H26ClN3O3S. The minimum atomic E-state index is -3.56. The van der Waals surface area contributed by atoms with Gasteiger partial charge in [-0.1, -0.05) is 65.7 Å². The fourth-order valence-electron chi connectivity index (χ4n) is 3.86. The number of hydrogen-bond acceptors (Lipinski definition) is 4. The van der Waals surface area contributed by atoms with Crippen LogP contribution in [0.4, 0.5) is 11.4 Å². The van der Waals surface area contributed by atoms with Gasteiger partial charge < -0.3 is 10.2 Å². The summed E-state index contributed by atoms with van der Waals surface area (Å²) < 4.78 is 27.5. The van der Waals surface area contributed by atoms with Crippen molar-refractivity contribution in [2.45, 2.75) is 11.8 Å². The summed E-state index contributed by atoms with van der Waals surface area (Å²) in [4.78, 5) is 14.9. The summed E-state index contributed by atoms with van der Waals surface area (Å²) in [6, 6.07) is 21.8. The lowest BCUT2D eigenvalue weighted by Gasteiger charge is -2.36. The van der Waals surface area contributed by atoms with E-state index in [1.807, 2.05) is 42.2 Å². The fraction of sp³-hybridized carbons (Fsp3) is 0.192. The number of anilines is 2. The number of nitrogens with zero attached hydrogens (tertiary/aromatic N) is 2. The number of carbonyl (C=O) groups excluding carboxylic acids is 1. The van der Waals surface area contributed by atoms with Gasteiger partial charge in [-0.3, -0.25) is 4.79 Å². The first-order valence-corrected chi connectivity index (χ1v) is 12.8. The first-order chi connectivity index (χ1) is 16.3. The van der Waals surface area contributed by atoms with E-state index < -0.39 is 10.0 Å². The molecule has 3 aromatic rings. The maximum atomic E-state index is 13.0. The van der Waals surface area contributed by atoms with Crippen molar-refractivity contribution in [2.24, 2.45) is 0 Å². The molecular weight excluding hydrogens is 470 g/mol. The van der Waals surface area contributed by atoms with Crippen LogP contribution in [0, 0.1) is 6.92 Å². The van der Waals surface area contributed by atoms with Gasteiger partial charge in [0.1, 0.15) is 0 Å². The van der Waals surface area contributed by atoms with Gasteiger partial charge in [-0.15, -0.1) is 0 Å². The molecule has 0 aromatic heterocycles. The molecule has 1 heterocycles. The zero-order valence-corrected chi connectivity index (χ0v) is 20.4. The van der Waals surface area contributed by atoms with E-state index in [1.165, 1.54) is 10.4 Å². The SMILES string of the molecule is Cc1ccc(S(=O)(=O)N2CCN(c3c(Cl)cccc3NC(=O)/C=C/c3ccccc3)CC2)cc1. The Bertz CT molecular complexity index is 1280. The molecule has 1 amide bonds. The van der Waals surface area contributed by atoms with Gasteiger partial charge in [-0.2, -0.15) is 4.31 Å². The van der Waals surface area contributed by atoms with E-state index in [0.29, 0.717) is 47.5 Å². The molecule has 0 spiro atoms. The van der Waals surface area contributed by atoms with Gasteiger partial charge in [-0.05, 0) is 42.8 Å². The molecule has 0 bridgehead atoms. The zero-order valence-electron chi connectivity index (χ0n) is 18.8. The summed E-state index contributed by atoms with van der Waals surface area (Å²) in [7, 11) is -3.56. The van der Waals surface area contributed by atoms with Crippen molar-refractivity contribution in [1.82, 2.24) is 4.31 Å². The van der Waals surface area contributed by atoms with E-state index in [-0.39, 0.29) is 5.91 Å². The molecule has 0 aliphatic carbocycles. The van der Waals surface area contributed by atoms with Gasteiger partial charge in [-0.25, -0.2) is 8.42 Å². The number of amides is 1. The Morgan fingerprint density at radius 3 is 2.26 bits per heavy atom. The Morgan fingerprint density at radius 2 is 1.59 bits per heavy atom. The van der Waals surface area contributed by atoms with E-state index >= 15 is 0 Å². The average molecular weight is 496 g/mol. The first-order valence-electron chi connectivity index (χ1n) is 11.0. The summed E-state index contributed by atoms with van der Waals surface area (Å²) >= 11 is 6.51. The van der Waals surface area contributed by atoms with Gasteiger partial charge in [0.25, 0.3) is 0 Å². The Labute approximate surface area is 205 Å². The van der Waals surface area contributed by atoms with Crippen LogP contribution >= 0.6 is 11.6 Å². The van der Waals surface area contributed by atoms with Crippen molar-refractivity contribution < 1.29 is 13.2 Å². The number of sulfonamides is 1. The number of benzene rings is 3. The lowest BCUT2D eigenvalue weighted by Crippen LogP contribution is -2.49. The van der Waals surface area contributed by atoms with E-state index in [0.717, 1.165) is 11.1 Å². The quantitative estimate of drug-likeness (QED) is 0.498. The summed E-state index contributed by atoms with van der Waals surface area (Å²) in [6.45, 7) is 3.48. The number of nitrogens with one attached hydrogen (secondary N) is 1. The van der Waals surface area contributed by atoms with Crippen LogP contribution in [-0.4, -0.2) is 44.8 Å².